The van der Waals surface area contributed by atoms with Crippen molar-refractivity contribution in [2.75, 3.05) is 19.7 Å². The standard InChI is InChI=1S/C26H43N3O6/c1-8-10-14-27-23(32)21(19-13-11-12-18(4)22(19)31)29(15-16-30)24(33)20(17(3)9-2)28-25(34)35-26(5,6)7/h11-13,17,20-21,30-31H,8-10,14-16H2,1-7H3,(H,27,32)(H,28,34). The maximum absolute atomic E-state index is 13.9. The molecule has 0 aliphatic carbocycles. The number of aromatic hydroxyl groups is 1. The fourth-order valence-electron chi connectivity index (χ4n) is 3.61. The van der Waals surface area contributed by atoms with E-state index in [0.717, 1.165) is 12.8 Å². The maximum Gasteiger partial charge on any atom is 0.408 e. The maximum atomic E-state index is 13.9. The molecule has 9 nitrogen and oxygen atoms in total. The summed E-state index contributed by atoms with van der Waals surface area (Å²) in [6, 6.07) is 2.79. The summed E-state index contributed by atoms with van der Waals surface area (Å²) in [5.41, 5.74) is 0.0454. The van der Waals surface area contributed by atoms with Crippen LogP contribution in [0.1, 0.15) is 78.0 Å². The molecule has 0 aromatic heterocycles. The smallest absolute Gasteiger partial charge is 0.408 e. The van der Waals surface area contributed by atoms with Crippen LogP contribution in [0.5, 0.6) is 5.75 Å². The fourth-order valence-corrected chi connectivity index (χ4v) is 3.61. The highest BCUT2D eigenvalue weighted by molar-refractivity contribution is 5.92. The number of nitrogens with zero attached hydrogens (tertiary/aromatic N) is 1. The molecular formula is C26H43N3O6. The van der Waals surface area contributed by atoms with E-state index in [1.165, 1.54) is 4.90 Å². The molecule has 3 atom stereocenters. The van der Waals surface area contributed by atoms with Crippen molar-refractivity contribution in [1.82, 2.24) is 15.5 Å². The predicted molar refractivity (Wildman–Crippen MR) is 135 cm³/mol. The summed E-state index contributed by atoms with van der Waals surface area (Å²) in [6.45, 7) is 12.4. The number of phenolic OH excluding ortho intramolecular Hbond substituents is 1. The zero-order valence-corrected chi connectivity index (χ0v) is 22.2. The third-order valence-electron chi connectivity index (χ3n) is 5.73. The molecule has 1 rings (SSSR count). The molecular weight excluding hydrogens is 450 g/mol. The van der Waals surface area contributed by atoms with Crippen LogP contribution in [-0.4, -0.2) is 64.4 Å². The second-order valence-corrected chi connectivity index (χ2v) is 9.82. The Morgan fingerprint density at radius 1 is 1.17 bits per heavy atom. The number of alkyl carbamates (subject to hydrolysis) is 1. The van der Waals surface area contributed by atoms with Gasteiger partial charge in [0.05, 0.1) is 6.61 Å². The molecule has 0 spiro atoms. The molecule has 0 aliphatic heterocycles. The number of hydrogen-bond acceptors (Lipinski definition) is 6. The van der Waals surface area contributed by atoms with Gasteiger partial charge in [-0.15, -0.1) is 0 Å². The van der Waals surface area contributed by atoms with Gasteiger partial charge in [-0.2, -0.15) is 0 Å². The number of aliphatic hydroxyl groups excluding tert-OH is 1. The Kier molecular flexibility index (Phi) is 12.0. The molecule has 0 bridgehead atoms. The summed E-state index contributed by atoms with van der Waals surface area (Å²) in [6.07, 6.45) is 1.45. The number of carbonyl (C=O) groups is 3. The first-order chi connectivity index (χ1) is 16.4. The lowest BCUT2D eigenvalue weighted by molar-refractivity contribution is -0.144. The van der Waals surface area contributed by atoms with Crippen molar-refractivity contribution in [2.24, 2.45) is 5.92 Å². The van der Waals surface area contributed by atoms with Crippen LogP contribution in [0.25, 0.3) is 0 Å². The molecule has 0 heterocycles. The Labute approximate surface area is 209 Å². The summed E-state index contributed by atoms with van der Waals surface area (Å²) < 4.78 is 5.36. The molecule has 4 N–H and O–H groups in total. The highest BCUT2D eigenvalue weighted by Gasteiger charge is 2.38. The molecule has 3 amide bonds. The number of para-hydroxylation sites is 1. The zero-order valence-electron chi connectivity index (χ0n) is 22.2. The van der Waals surface area contributed by atoms with Crippen molar-refractivity contribution >= 4 is 17.9 Å². The molecule has 0 fully saturated rings. The number of hydrogen-bond donors (Lipinski definition) is 4. The monoisotopic (exact) mass is 493 g/mol. The summed E-state index contributed by atoms with van der Waals surface area (Å²) in [5.74, 6) is -1.40. The third-order valence-corrected chi connectivity index (χ3v) is 5.73. The van der Waals surface area contributed by atoms with Crippen molar-refractivity contribution in [2.45, 2.75) is 85.4 Å². The summed E-state index contributed by atoms with van der Waals surface area (Å²) in [7, 11) is 0. The van der Waals surface area contributed by atoms with Gasteiger partial charge in [-0.3, -0.25) is 9.59 Å². The van der Waals surface area contributed by atoms with E-state index in [4.69, 9.17) is 4.74 Å². The van der Waals surface area contributed by atoms with E-state index >= 15 is 0 Å². The van der Waals surface area contributed by atoms with Crippen LogP contribution in [0.3, 0.4) is 0 Å². The molecule has 9 heteroatoms. The van der Waals surface area contributed by atoms with E-state index in [2.05, 4.69) is 10.6 Å². The molecule has 1 aromatic carbocycles. The molecule has 198 valence electrons. The van der Waals surface area contributed by atoms with Crippen molar-refractivity contribution in [3.05, 3.63) is 29.3 Å². The first kappa shape index (κ1) is 30.2. The van der Waals surface area contributed by atoms with E-state index in [1.54, 1.807) is 45.9 Å². The number of amides is 3. The summed E-state index contributed by atoms with van der Waals surface area (Å²) in [5, 5.41) is 26.1. The third kappa shape index (κ3) is 9.05. The number of aryl methyl sites for hydroxylation is 1. The summed E-state index contributed by atoms with van der Waals surface area (Å²) >= 11 is 0. The van der Waals surface area contributed by atoms with Crippen LogP contribution < -0.4 is 10.6 Å². The van der Waals surface area contributed by atoms with Crippen molar-refractivity contribution in [3.8, 4) is 5.75 Å². The lowest BCUT2D eigenvalue weighted by atomic mass is 9.95. The number of phenols is 1. The Morgan fingerprint density at radius 2 is 1.83 bits per heavy atom. The van der Waals surface area contributed by atoms with Gasteiger partial charge in [0.1, 0.15) is 23.4 Å². The Hall–Kier alpha value is -2.81. The lowest BCUT2D eigenvalue weighted by Gasteiger charge is -2.36. The molecule has 0 saturated carbocycles. The van der Waals surface area contributed by atoms with Crippen LogP contribution in [-0.2, 0) is 14.3 Å². The van der Waals surface area contributed by atoms with Gasteiger partial charge < -0.3 is 30.5 Å². The molecule has 0 radical (unpaired) electrons. The van der Waals surface area contributed by atoms with Gasteiger partial charge in [0.25, 0.3) is 0 Å². The zero-order chi connectivity index (χ0) is 26.8. The minimum absolute atomic E-state index is 0.0981. The topological polar surface area (TPSA) is 128 Å². The van der Waals surface area contributed by atoms with E-state index in [-0.39, 0.29) is 23.8 Å². The summed E-state index contributed by atoms with van der Waals surface area (Å²) in [4.78, 5) is 41.0. The van der Waals surface area contributed by atoms with Gasteiger partial charge in [-0.05, 0) is 45.6 Å². The second-order valence-electron chi connectivity index (χ2n) is 9.82. The molecule has 0 saturated heterocycles. The van der Waals surface area contributed by atoms with Gasteiger partial charge in [-0.25, -0.2) is 4.79 Å². The first-order valence-electron chi connectivity index (χ1n) is 12.3. The van der Waals surface area contributed by atoms with Crippen LogP contribution in [0, 0.1) is 12.8 Å². The highest BCUT2D eigenvalue weighted by atomic mass is 16.6. The number of rotatable bonds is 12. The van der Waals surface area contributed by atoms with E-state index < -0.39 is 42.2 Å². The Balaban J connectivity index is 3.49. The average Bonchev–Trinajstić information content (AvgIpc) is 2.77. The minimum Gasteiger partial charge on any atom is -0.507 e. The highest BCUT2D eigenvalue weighted by Crippen LogP contribution is 2.32. The van der Waals surface area contributed by atoms with E-state index in [0.29, 0.717) is 18.5 Å². The van der Waals surface area contributed by atoms with Crippen LogP contribution in [0.4, 0.5) is 4.79 Å². The molecule has 3 unspecified atom stereocenters. The second kappa shape index (κ2) is 13.9. The largest absolute Gasteiger partial charge is 0.507 e. The van der Waals surface area contributed by atoms with Gasteiger partial charge in [0, 0.05) is 18.7 Å². The SMILES string of the molecule is CCCCNC(=O)C(c1cccc(C)c1O)N(CCO)C(=O)C(NC(=O)OC(C)(C)C)C(C)CC. The normalized spacial score (nSPS) is 13.9. The average molecular weight is 494 g/mol. The molecule has 1 aromatic rings. The fraction of sp³-hybridized carbons (Fsp3) is 0.654. The predicted octanol–water partition coefficient (Wildman–Crippen LogP) is 3.42. The van der Waals surface area contributed by atoms with E-state index in [1.807, 2.05) is 20.8 Å². The van der Waals surface area contributed by atoms with E-state index in [9.17, 15) is 24.6 Å². The van der Waals surface area contributed by atoms with Gasteiger partial charge >= 0.3 is 6.09 Å². The number of nitrogens with one attached hydrogen (secondary N) is 2. The lowest BCUT2D eigenvalue weighted by Crippen LogP contribution is -2.55. The number of carbonyl (C=O) groups excluding carboxylic acids is 3. The van der Waals surface area contributed by atoms with Gasteiger partial charge in [0.15, 0.2) is 0 Å². The number of benzene rings is 1. The molecule has 35 heavy (non-hydrogen) atoms. The number of aliphatic hydroxyl groups is 1. The first-order valence-corrected chi connectivity index (χ1v) is 12.3. The molecule has 0 aliphatic rings. The van der Waals surface area contributed by atoms with Gasteiger partial charge in [0.2, 0.25) is 11.8 Å². The van der Waals surface area contributed by atoms with Crippen LogP contribution >= 0.6 is 0 Å². The van der Waals surface area contributed by atoms with Crippen LogP contribution in [0.2, 0.25) is 0 Å². The number of ether oxygens (including phenoxy) is 1. The minimum atomic E-state index is -1.20. The van der Waals surface area contributed by atoms with Crippen molar-refractivity contribution < 1.29 is 29.3 Å². The quantitative estimate of drug-likeness (QED) is 0.330. The van der Waals surface area contributed by atoms with Gasteiger partial charge in [-0.1, -0.05) is 51.8 Å². The van der Waals surface area contributed by atoms with Crippen molar-refractivity contribution in [1.29, 1.82) is 0 Å². The van der Waals surface area contributed by atoms with Crippen LogP contribution in [0.15, 0.2) is 18.2 Å². The van der Waals surface area contributed by atoms with Crippen molar-refractivity contribution in [3.63, 3.8) is 0 Å². The number of unbranched alkanes of at least 4 members (excludes halogenated alkanes) is 1. The Bertz CT molecular complexity index is 852. The Morgan fingerprint density at radius 3 is 2.37 bits per heavy atom.